The number of rotatable bonds is 5. The fourth-order valence-corrected chi connectivity index (χ4v) is 2.59. The zero-order valence-corrected chi connectivity index (χ0v) is 12.3. The summed E-state index contributed by atoms with van der Waals surface area (Å²) in [6.45, 7) is 3.76. The second kappa shape index (κ2) is 6.41. The van der Waals surface area contributed by atoms with Crippen molar-refractivity contribution in [3.63, 3.8) is 0 Å². The Kier molecular flexibility index (Phi) is 5.40. The van der Waals surface area contributed by atoms with E-state index in [2.05, 4.69) is 21.2 Å². The van der Waals surface area contributed by atoms with Crippen LogP contribution in [0.5, 0.6) is 0 Å². The summed E-state index contributed by atoms with van der Waals surface area (Å²) < 4.78 is 39.4. The molecule has 6 heteroatoms. The van der Waals surface area contributed by atoms with E-state index in [0.717, 1.165) is 12.1 Å². The minimum absolute atomic E-state index is 0.490. The summed E-state index contributed by atoms with van der Waals surface area (Å²) in [5, 5.41) is 3.16. The molecule has 0 saturated heterocycles. The van der Waals surface area contributed by atoms with Crippen molar-refractivity contribution in [2.75, 3.05) is 5.33 Å². The highest BCUT2D eigenvalue weighted by molar-refractivity contribution is 9.09. The summed E-state index contributed by atoms with van der Waals surface area (Å²) in [5.41, 5.74) is -1.03. The monoisotopic (exact) mass is 337 g/mol. The molecule has 0 saturated carbocycles. The van der Waals surface area contributed by atoms with Crippen molar-refractivity contribution in [2.24, 2.45) is 0 Å². The number of hydrogen-bond donors (Lipinski definition) is 1. The number of carbonyl (C=O) groups is 1. The summed E-state index contributed by atoms with van der Waals surface area (Å²) in [7, 11) is 0. The first-order valence-corrected chi connectivity index (χ1v) is 7.05. The first kappa shape index (κ1) is 16.0. The molecule has 0 fully saturated rings. The molecule has 0 aliphatic rings. The van der Waals surface area contributed by atoms with Gasteiger partial charge in [0.1, 0.15) is 0 Å². The van der Waals surface area contributed by atoms with Crippen molar-refractivity contribution in [1.29, 1.82) is 0 Å². The minimum Gasteiger partial charge on any atom is -0.346 e. The van der Waals surface area contributed by atoms with Crippen LogP contribution in [0, 0.1) is 17.5 Å². The van der Waals surface area contributed by atoms with Gasteiger partial charge in [0.25, 0.3) is 5.91 Å². The lowest BCUT2D eigenvalue weighted by atomic mass is 9.95. The summed E-state index contributed by atoms with van der Waals surface area (Å²) in [4.78, 5) is 12.0. The fourth-order valence-electron chi connectivity index (χ4n) is 1.66. The van der Waals surface area contributed by atoms with Crippen LogP contribution >= 0.6 is 15.9 Å². The highest BCUT2D eigenvalue weighted by Gasteiger charge is 2.29. The van der Waals surface area contributed by atoms with Crippen LogP contribution in [0.4, 0.5) is 13.2 Å². The third kappa shape index (κ3) is 3.29. The Morgan fingerprint density at radius 2 is 1.79 bits per heavy atom. The zero-order valence-electron chi connectivity index (χ0n) is 10.7. The number of nitrogens with one attached hydrogen (secondary N) is 1. The van der Waals surface area contributed by atoms with Gasteiger partial charge in [-0.3, -0.25) is 4.79 Å². The Bertz CT molecular complexity index is 467. The average Bonchev–Trinajstić information content (AvgIpc) is 2.42. The van der Waals surface area contributed by atoms with E-state index in [1.807, 2.05) is 13.8 Å². The van der Waals surface area contributed by atoms with Crippen molar-refractivity contribution < 1.29 is 18.0 Å². The molecule has 0 aromatic heterocycles. The summed E-state index contributed by atoms with van der Waals surface area (Å²) in [5.74, 6) is -5.16. The van der Waals surface area contributed by atoms with Crippen LogP contribution in [0.1, 0.15) is 37.0 Å². The molecule has 0 bridgehead atoms. The maximum atomic E-state index is 13.5. The van der Waals surface area contributed by atoms with Gasteiger partial charge in [-0.1, -0.05) is 29.8 Å². The quantitative estimate of drug-likeness (QED) is 0.642. The average molecular weight is 338 g/mol. The minimum atomic E-state index is -1.63. The largest absolute Gasteiger partial charge is 0.346 e. The molecular formula is C13H15BrF3NO. The third-order valence-electron chi connectivity index (χ3n) is 3.27. The molecule has 1 amide bonds. The van der Waals surface area contributed by atoms with Crippen molar-refractivity contribution in [1.82, 2.24) is 5.32 Å². The van der Waals surface area contributed by atoms with Crippen LogP contribution in [-0.4, -0.2) is 16.8 Å². The molecule has 0 radical (unpaired) electrons. The Balaban J connectivity index is 3.05. The van der Waals surface area contributed by atoms with E-state index in [1.54, 1.807) is 0 Å². The van der Waals surface area contributed by atoms with E-state index in [4.69, 9.17) is 0 Å². The van der Waals surface area contributed by atoms with Gasteiger partial charge in [-0.05, 0) is 25.0 Å². The third-order valence-corrected chi connectivity index (χ3v) is 4.34. The summed E-state index contributed by atoms with van der Waals surface area (Å²) >= 11 is 3.30. The molecule has 1 aromatic rings. The Labute approximate surface area is 118 Å². The SMILES string of the molecule is CCC(CC)(CBr)NC(=O)c1ccc(F)c(F)c1F. The van der Waals surface area contributed by atoms with E-state index in [0.29, 0.717) is 18.2 Å². The first-order valence-electron chi connectivity index (χ1n) is 5.92. The van der Waals surface area contributed by atoms with Crippen LogP contribution in [0.2, 0.25) is 0 Å². The zero-order chi connectivity index (χ0) is 14.6. The van der Waals surface area contributed by atoms with Crippen LogP contribution < -0.4 is 5.32 Å². The van der Waals surface area contributed by atoms with Gasteiger partial charge in [0.2, 0.25) is 0 Å². The number of carbonyl (C=O) groups excluding carboxylic acids is 1. The second-order valence-corrected chi connectivity index (χ2v) is 4.86. The molecule has 1 N–H and O–H groups in total. The Hall–Kier alpha value is -1.04. The molecule has 0 atom stereocenters. The normalized spacial score (nSPS) is 11.5. The topological polar surface area (TPSA) is 29.1 Å². The lowest BCUT2D eigenvalue weighted by molar-refractivity contribution is 0.0898. The Morgan fingerprint density at radius 3 is 2.26 bits per heavy atom. The molecule has 2 nitrogen and oxygen atoms in total. The number of alkyl halides is 1. The molecule has 0 unspecified atom stereocenters. The number of benzene rings is 1. The summed E-state index contributed by atoms with van der Waals surface area (Å²) in [6.07, 6.45) is 1.26. The fraction of sp³-hybridized carbons (Fsp3) is 0.462. The smallest absolute Gasteiger partial charge is 0.254 e. The molecule has 0 aliphatic heterocycles. The van der Waals surface area contributed by atoms with E-state index in [1.165, 1.54) is 0 Å². The molecule has 0 heterocycles. The molecule has 19 heavy (non-hydrogen) atoms. The number of hydrogen-bond acceptors (Lipinski definition) is 1. The van der Waals surface area contributed by atoms with Crippen molar-refractivity contribution >= 4 is 21.8 Å². The maximum absolute atomic E-state index is 13.5. The van der Waals surface area contributed by atoms with Crippen LogP contribution in [0.25, 0.3) is 0 Å². The predicted octanol–water partition coefficient (Wildman–Crippen LogP) is 3.79. The molecule has 1 aromatic carbocycles. The lowest BCUT2D eigenvalue weighted by Gasteiger charge is -2.31. The van der Waals surface area contributed by atoms with Crippen molar-refractivity contribution in [2.45, 2.75) is 32.2 Å². The van der Waals surface area contributed by atoms with E-state index < -0.39 is 34.5 Å². The standard InChI is InChI=1S/C13H15BrF3NO/c1-3-13(4-2,7-14)18-12(19)8-5-6-9(15)11(17)10(8)16/h5-6H,3-4,7H2,1-2H3,(H,18,19). The number of amides is 1. The van der Waals surface area contributed by atoms with Gasteiger partial charge < -0.3 is 5.32 Å². The highest BCUT2D eigenvalue weighted by Crippen LogP contribution is 2.21. The molecule has 0 spiro atoms. The highest BCUT2D eigenvalue weighted by atomic mass is 79.9. The summed E-state index contributed by atoms with van der Waals surface area (Å²) in [6, 6.07) is 1.68. The van der Waals surface area contributed by atoms with Crippen molar-refractivity contribution in [3.8, 4) is 0 Å². The van der Waals surface area contributed by atoms with Gasteiger partial charge >= 0.3 is 0 Å². The second-order valence-electron chi connectivity index (χ2n) is 4.30. The van der Waals surface area contributed by atoms with Gasteiger partial charge in [-0.15, -0.1) is 0 Å². The molecule has 106 valence electrons. The molecule has 0 aliphatic carbocycles. The lowest BCUT2D eigenvalue weighted by Crippen LogP contribution is -2.49. The Morgan fingerprint density at radius 1 is 1.21 bits per heavy atom. The van der Waals surface area contributed by atoms with Crippen LogP contribution in [0.3, 0.4) is 0 Å². The van der Waals surface area contributed by atoms with Gasteiger partial charge in [0.05, 0.1) is 5.56 Å². The van der Waals surface area contributed by atoms with Crippen LogP contribution in [-0.2, 0) is 0 Å². The number of halogens is 4. The first-order chi connectivity index (χ1) is 8.90. The molecular weight excluding hydrogens is 323 g/mol. The van der Waals surface area contributed by atoms with Gasteiger partial charge in [-0.2, -0.15) is 0 Å². The maximum Gasteiger partial charge on any atom is 0.254 e. The van der Waals surface area contributed by atoms with Gasteiger partial charge in [0, 0.05) is 10.9 Å². The van der Waals surface area contributed by atoms with Crippen LogP contribution in [0.15, 0.2) is 12.1 Å². The van der Waals surface area contributed by atoms with E-state index in [-0.39, 0.29) is 0 Å². The van der Waals surface area contributed by atoms with Crippen molar-refractivity contribution in [3.05, 3.63) is 35.1 Å². The predicted molar refractivity (Wildman–Crippen MR) is 70.9 cm³/mol. The van der Waals surface area contributed by atoms with Gasteiger partial charge in [0.15, 0.2) is 17.5 Å². The van der Waals surface area contributed by atoms with E-state index >= 15 is 0 Å². The van der Waals surface area contributed by atoms with Gasteiger partial charge in [-0.25, -0.2) is 13.2 Å². The molecule has 1 rings (SSSR count). The van der Waals surface area contributed by atoms with E-state index in [9.17, 15) is 18.0 Å².